The van der Waals surface area contributed by atoms with E-state index in [4.69, 9.17) is 18.0 Å². The SMILES string of the molecule is CC(C(N)=S)N(C)C(=O)c1ccon1. The van der Waals surface area contributed by atoms with Crippen molar-refractivity contribution < 1.29 is 9.32 Å². The zero-order valence-corrected chi connectivity index (χ0v) is 8.75. The lowest BCUT2D eigenvalue weighted by atomic mass is 10.2. The van der Waals surface area contributed by atoms with Gasteiger partial charge < -0.3 is 15.2 Å². The standard InChI is InChI=1S/C8H11N3O2S/c1-5(7(9)14)11(2)8(12)6-3-4-13-10-6/h3-5H,1-2H3,(H2,9,14). The van der Waals surface area contributed by atoms with Gasteiger partial charge in [-0.2, -0.15) is 0 Å². The molecule has 0 radical (unpaired) electrons. The van der Waals surface area contributed by atoms with Gasteiger partial charge in [0.15, 0.2) is 5.69 Å². The van der Waals surface area contributed by atoms with Gasteiger partial charge in [0.1, 0.15) is 6.26 Å². The van der Waals surface area contributed by atoms with E-state index in [1.165, 1.54) is 17.2 Å². The summed E-state index contributed by atoms with van der Waals surface area (Å²) in [4.78, 5) is 13.3. The zero-order valence-electron chi connectivity index (χ0n) is 7.93. The van der Waals surface area contributed by atoms with Gasteiger partial charge in [-0.1, -0.05) is 17.4 Å². The molecule has 1 amide bonds. The second-order valence-electron chi connectivity index (χ2n) is 2.88. The van der Waals surface area contributed by atoms with E-state index < -0.39 is 0 Å². The van der Waals surface area contributed by atoms with Crippen LogP contribution < -0.4 is 5.73 Å². The Bertz CT molecular complexity index is 336. The Morgan fingerprint density at radius 1 is 1.79 bits per heavy atom. The summed E-state index contributed by atoms with van der Waals surface area (Å²) in [6.45, 7) is 1.75. The number of nitrogens with two attached hydrogens (primary N) is 1. The number of aromatic nitrogens is 1. The molecule has 0 aliphatic heterocycles. The Morgan fingerprint density at radius 3 is 2.86 bits per heavy atom. The molecule has 0 aliphatic carbocycles. The number of likely N-dealkylation sites (N-methyl/N-ethyl adjacent to an activating group) is 1. The van der Waals surface area contributed by atoms with Gasteiger partial charge in [0.25, 0.3) is 5.91 Å². The van der Waals surface area contributed by atoms with Crippen molar-refractivity contribution in [3.8, 4) is 0 Å². The van der Waals surface area contributed by atoms with Crippen LogP contribution in [0.5, 0.6) is 0 Å². The van der Waals surface area contributed by atoms with Crippen LogP contribution in [0.3, 0.4) is 0 Å². The maximum Gasteiger partial charge on any atom is 0.276 e. The zero-order chi connectivity index (χ0) is 10.7. The largest absolute Gasteiger partial charge is 0.392 e. The van der Waals surface area contributed by atoms with Gasteiger partial charge in [-0.25, -0.2) is 0 Å². The first-order valence-electron chi connectivity index (χ1n) is 4.01. The molecule has 0 aliphatic rings. The highest BCUT2D eigenvalue weighted by molar-refractivity contribution is 7.80. The lowest BCUT2D eigenvalue weighted by molar-refractivity contribution is 0.0768. The van der Waals surface area contributed by atoms with Crippen LogP contribution in [0, 0.1) is 0 Å². The second kappa shape index (κ2) is 4.19. The smallest absolute Gasteiger partial charge is 0.276 e. The molecule has 0 fully saturated rings. The normalized spacial score (nSPS) is 12.1. The number of hydrogen-bond donors (Lipinski definition) is 1. The van der Waals surface area contributed by atoms with Gasteiger partial charge in [-0.3, -0.25) is 4.79 Å². The summed E-state index contributed by atoms with van der Waals surface area (Å²) in [6.07, 6.45) is 1.34. The molecule has 76 valence electrons. The van der Waals surface area contributed by atoms with Crippen molar-refractivity contribution in [2.75, 3.05) is 7.05 Å². The Balaban J connectivity index is 2.76. The Hall–Kier alpha value is -1.43. The van der Waals surface area contributed by atoms with Crippen LogP contribution in [-0.4, -0.2) is 34.0 Å². The number of carbonyl (C=O) groups is 1. The summed E-state index contributed by atoms with van der Waals surface area (Å²) < 4.78 is 4.56. The molecular formula is C8H11N3O2S. The Morgan fingerprint density at radius 2 is 2.43 bits per heavy atom. The lowest BCUT2D eigenvalue weighted by Gasteiger charge is -2.22. The van der Waals surface area contributed by atoms with E-state index >= 15 is 0 Å². The molecule has 14 heavy (non-hydrogen) atoms. The first-order valence-corrected chi connectivity index (χ1v) is 4.41. The minimum Gasteiger partial charge on any atom is -0.392 e. The molecule has 2 N–H and O–H groups in total. The van der Waals surface area contributed by atoms with Crippen molar-refractivity contribution >= 4 is 23.1 Å². The highest BCUT2D eigenvalue weighted by atomic mass is 32.1. The number of thiocarbonyl (C=S) groups is 1. The summed E-state index contributed by atoms with van der Waals surface area (Å²) in [7, 11) is 1.61. The van der Waals surface area contributed by atoms with Crippen LogP contribution in [0.4, 0.5) is 0 Å². The van der Waals surface area contributed by atoms with Gasteiger partial charge in [0.05, 0.1) is 11.0 Å². The maximum atomic E-state index is 11.6. The van der Waals surface area contributed by atoms with Crippen molar-refractivity contribution in [1.82, 2.24) is 10.1 Å². The molecule has 1 atom stereocenters. The number of rotatable bonds is 3. The van der Waals surface area contributed by atoms with Crippen LogP contribution in [0.2, 0.25) is 0 Å². The molecule has 0 saturated heterocycles. The summed E-state index contributed by atoms with van der Waals surface area (Å²) in [6, 6.07) is 1.19. The molecular weight excluding hydrogens is 202 g/mol. The van der Waals surface area contributed by atoms with Crippen LogP contribution >= 0.6 is 12.2 Å². The summed E-state index contributed by atoms with van der Waals surface area (Å²) in [5.41, 5.74) is 5.67. The fraction of sp³-hybridized carbons (Fsp3) is 0.375. The number of amides is 1. The van der Waals surface area contributed by atoms with Gasteiger partial charge in [0, 0.05) is 13.1 Å². The summed E-state index contributed by atoms with van der Waals surface area (Å²) >= 11 is 4.78. The Kier molecular flexibility index (Phi) is 3.19. The third-order valence-corrected chi connectivity index (χ3v) is 2.31. The average molecular weight is 213 g/mol. The van der Waals surface area contributed by atoms with Crippen LogP contribution in [-0.2, 0) is 0 Å². The molecule has 1 aromatic heterocycles. The molecule has 1 rings (SSSR count). The molecule has 6 heteroatoms. The molecule has 0 saturated carbocycles. The first kappa shape index (κ1) is 10.6. The summed E-state index contributed by atoms with van der Waals surface area (Å²) in [5.74, 6) is -0.265. The minimum atomic E-state index is -0.297. The van der Waals surface area contributed by atoms with Gasteiger partial charge in [0.2, 0.25) is 0 Å². The van der Waals surface area contributed by atoms with E-state index in [1.54, 1.807) is 14.0 Å². The van der Waals surface area contributed by atoms with Gasteiger partial charge in [-0.15, -0.1) is 0 Å². The number of carbonyl (C=O) groups excluding carboxylic acids is 1. The minimum absolute atomic E-state index is 0.246. The fourth-order valence-electron chi connectivity index (χ4n) is 0.870. The van der Waals surface area contributed by atoms with Crippen molar-refractivity contribution in [1.29, 1.82) is 0 Å². The van der Waals surface area contributed by atoms with Gasteiger partial charge in [-0.05, 0) is 6.92 Å². The van der Waals surface area contributed by atoms with E-state index in [1.807, 2.05) is 0 Å². The fourth-order valence-corrected chi connectivity index (χ4v) is 1.03. The van der Waals surface area contributed by atoms with Crippen molar-refractivity contribution in [2.45, 2.75) is 13.0 Å². The average Bonchev–Trinajstić information content (AvgIpc) is 2.67. The number of hydrogen-bond acceptors (Lipinski definition) is 4. The van der Waals surface area contributed by atoms with E-state index in [0.717, 1.165) is 0 Å². The second-order valence-corrected chi connectivity index (χ2v) is 3.35. The molecule has 1 aromatic rings. The predicted molar refractivity (Wildman–Crippen MR) is 54.8 cm³/mol. The first-order chi connectivity index (χ1) is 6.54. The molecule has 1 heterocycles. The van der Waals surface area contributed by atoms with Crippen LogP contribution in [0.25, 0.3) is 0 Å². The molecule has 0 aromatic carbocycles. The van der Waals surface area contributed by atoms with Crippen molar-refractivity contribution in [3.05, 3.63) is 18.0 Å². The predicted octanol–water partition coefficient (Wildman–Crippen LogP) is 0.421. The monoisotopic (exact) mass is 213 g/mol. The summed E-state index contributed by atoms with van der Waals surface area (Å²) in [5, 5.41) is 3.53. The highest BCUT2D eigenvalue weighted by Gasteiger charge is 2.20. The van der Waals surface area contributed by atoms with Gasteiger partial charge >= 0.3 is 0 Å². The third-order valence-electron chi connectivity index (χ3n) is 1.97. The number of nitrogens with zero attached hydrogens (tertiary/aromatic N) is 2. The molecule has 0 bridgehead atoms. The lowest BCUT2D eigenvalue weighted by Crippen LogP contribution is -2.42. The topological polar surface area (TPSA) is 72.4 Å². The third kappa shape index (κ3) is 2.08. The maximum absolute atomic E-state index is 11.6. The Labute approximate surface area is 86.8 Å². The molecule has 1 unspecified atom stereocenters. The van der Waals surface area contributed by atoms with E-state index in [2.05, 4.69) is 9.68 Å². The van der Waals surface area contributed by atoms with Crippen molar-refractivity contribution in [2.24, 2.45) is 5.73 Å². The molecule has 5 nitrogen and oxygen atoms in total. The highest BCUT2D eigenvalue weighted by Crippen LogP contribution is 2.04. The van der Waals surface area contributed by atoms with E-state index in [0.29, 0.717) is 0 Å². The van der Waals surface area contributed by atoms with Crippen LogP contribution in [0.15, 0.2) is 16.9 Å². The molecule has 0 spiro atoms. The van der Waals surface area contributed by atoms with Crippen molar-refractivity contribution in [3.63, 3.8) is 0 Å². The van der Waals surface area contributed by atoms with E-state index in [-0.39, 0.29) is 22.6 Å². The quantitative estimate of drug-likeness (QED) is 0.737. The van der Waals surface area contributed by atoms with Crippen LogP contribution in [0.1, 0.15) is 17.4 Å². The van der Waals surface area contributed by atoms with E-state index in [9.17, 15) is 4.79 Å².